The number of aliphatic carboxylic acids is 1. The average Bonchev–Trinajstić information content (AvgIpc) is 2.57. The molecular formula is C18H17NO3S. The number of carbonyl (C=O) groups is 1. The molecule has 0 saturated heterocycles. The van der Waals surface area contributed by atoms with E-state index in [9.17, 15) is 9.90 Å². The summed E-state index contributed by atoms with van der Waals surface area (Å²) in [7, 11) is 0. The molecule has 5 heteroatoms. The van der Waals surface area contributed by atoms with Crippen LogP contribution in [0.2, 0.25) is 0 Å². The summed E-state index contributed by atoms with van der Waals surface area (Å²) in [6.07, 6.45) is -0.257. The van der Waals surface area contributed by atoms with Gasteiger partial charge in [-0.2, -0.15) is 0 Å². The molecule has 2 aromatic rings. The van der Waals surface area contributed by atoms with Crippen LogP contribution < -0.4 is 4.90 Å². The standard InChI is InChI=1S/C18H17NO3S/c1-13-17(18(20)21)23-12-16(22-13)19(14-8-4-2-5-9-14)15-10-6-3-7-11-15/h2-11,16H,12H2,1H3,(H,20,21). The van der Waals surface area contributed by atoms with Crippen LogP contribution in [0.3, 0.4) is 0 Å². The normalized spacial score (nSPS) is 17.5. The lowest BCUT2D eigenvalue weighted by atomic mass is 10.2. The first-order chi connectivity index (χ1) is 11.2. The fraction of sp³-hybridized carbons (Fsp3) is 0.167. The average molecular weight is 327 g/mol. The van der Waals surface area contributed by atoms with Gasteiger partial charge in [0, 0.05) is 11.4 Å². The molecule has 0 aromatic heterocycles. The lowest BCUT2D eigenvalue weighted by Gasteiger charge is -2.36. The Hall–Kier alpha value is -2.40. The molecule has 0 aliphatic carbocycles. The molecule has 1 atom stereocenters. The minimum absolute atomic E-state index is 0.257. The van der Waals surface area contributed by atoms with Crippen molar-refractivity contribution in [3.05, 3.63) is 71.3 Å². The Balaban J connectivity index is 1.96. The topological polar surface area (TPSA) is 49.8 Å². The van der Waals surface area contributed by atoms with Crippen molar-refractivity contribution in [2.75, 3.05) is 10.7 Å². The van der Waals surface area contributed by atoms with E-state index in [4.69, 9.17) is 4.74 Å². The van der Waals surface area contributed by atoms with Gasteiger partial charge in [-0.25, -0.2) is 4.79 Å². The van der Waals surface area contributed by atoms with Crippen molar-refractivity contribution >= 4 is 29.1 Å². The summed E-state index contributed by atoms with van der Waals surface area (Å²) in [4.78, 5) is 13.6. The first-order valence-corrected chi connectivity index (χ1v) is 8.28. The molecule has 0 radical (unpaired) electrons. The number of thioether (sulfide) groups is 1. The molecule has 1 unspecified atom stereocenters. The van der Waals surface area contributed by atoms with Crippen LogP contribution in [-0.2, 0) is 9.53 Å². The van der Waals surface area contributed by atoms with E-state index in [0.717, 1.165) is 11.4 Å². The molecule has 0 bridgehead atoms. The third-order valence-corrected chi connectivity index (χ3v) is 4.76. The lowest BCUT2D eigenvalue weighted by molar-refractivity contribution is -0.132. The maximum Gasteiger partial charge on any atom is 0.345 e. The summed E-state index contributed by atoms with van der Waals surface area (Å²) < 4.78 is 5.94. The molecule has 0 spiro atoms. The molecule has 0 saturated carbocycles. The molecule has 23 heavy (non-hydrogen) atoms. The van der Waals surface area contributed by atoms with Crippen molar-refractivity contribution in [1.82, 2.24) is 0 Å². The van der Waals surface area contributed by atoms with Crippen molar-refractivity contribution in [2.45, 2.75) is 13.2 Å². The summed E-state index contributed by atoms with van der Waals surface area (Å²) in [6, 6.07) is 19.9. The fourth-order valence-electron chi connectivity index (χ4n) is 2.55. The predicted molar refractivity (Wildman–Crippen MR) is 92.7 cm³/mol. The molecule has 1 heterocycles. The first-order valence-electron chi connectivity index (χ1n) is 7.30. The van der Waals surface area contributed by atoms with E-state index in [2.05, 4.69) is 4.90 Å². The van der Waals surface area contributed by atoms with Crippen LogP contribution in [0.4, 0.5) is 11.4 Å². The number of ether oxygens (including phenoxy) is 1. The van der Waals surface area contributed by atoms with Crippen LogP contribution >= 0.6 is 11.8 Å². The van der Waals surface area contributed by atoms with Crippen LogP contribution in [0.1, 0.15) is 6.92 Å². The van der Waals surface area contributed by atoms with Crippen molar-refractivity contribution in [1.29, 1.82) is 0 Å². The zero-order valence-electron chi connectivity index (χ0n) is 12.7. The highest BCUT2D eigenvalue weighted by atomic mass is 32.2. The number of carboxylic acids is 1. The smallest absolute Gasteiger partial charge is 0.345 e. The van der Waals surface area contributed by atoms with E-state index < -0.39 is 5.97 Å². The summed E-state index contributed by atoms with van der Waals surface area (Å²) >= 11 is 1.32. The number of hydrogen-bond donors (Lipinski definition) is 1. The van der Waals surface area contributed by atoms with Gasteiger partial charge < -0.3 is 14.7 Å². The largest absolute Gasteiger partial charge is 0.477 e. The van der Waals surface area contributed by atoms with E-state index in [0.29, 0.717) is 11.5 Å². The molecule has 2 aromatic carbocycles. The van der Waals surface area contributed by atoms with Gasteiger partial charge in [0.25, 0.3) is 0 Å². The highest BCUT2D eigenvalue weighted by molar-refractivity contribution is 8.04. The van der Waals surface area contributed by atoms with Gasteiger partial charge in [0.05, 0.1) is 5.75 Å². The fourth-order valence-corrected chi connectivity index (χ4v) is 3.45. The number of allylic oxidation sites excluding steroid dienone is 1. The van der Waals surface area contributed by atoms with Gasteiger partial charge in [0.15, 0.2) is 6.23 Å². The van der Waals surface area contributed by atoms with Crippen molar-refractivity contribution in [2.24, 2.45) is 0 Å². The second-order valence-electron chi connectivity index (χ2n) is 5.12. The molecule has 118 valence electrons. The number of benzene rings is 2. The van der Waals surface area contributed by atoms with Crippen LogP contribution in [0, 0.1) is 0 Å². The molecule has 1 aliphatic rings. The van der Waals surface area contributed by atoms with Gasteiger partial charge in [0.1, 0.15) is 10.7 Å². The van der Waals surface area contributed by atoms with Crippen LogP contribution in [-0.4, -0.2) is 23.1 Å². The van der Waals surface area contributed by atoms with Gasteiger partial charge in [-0.15, -0.1) is 11.8 Å². The number of anilines is 2. The van der Waals surface area contributed by atoms with Gasteiger partial charge in [0.2, 0.25) is 0 Å². The quantitative estimate of drug-likeness (QED) is 0.910. The summed E-state index contributed by atoms with van der Waals surface area (Å²) in [6.45, 7) is 1.71. The minimum atomic E-state index is -0.933. The Morgan fingerprint density at radius 3 is 2.04 bits per heavy atom. The number of para-hydroxylation sites is 2. The van der Waals surface area contributed by atoms with Gasteiger partial charge in [-0.1, -0.05) is 36.4 Å². The number of carboxylic acid groups (broad SMARTS) is 1. The zero-order valence-corrected chi connectivity index (χ0v) is 13.5. The first kappa shape index (κ1) is 15.5. The maximum absolute atomic E-state index is 11.2. The highest BCUT2D eigenvalue weighted by Crippen LogP contribution is 2.36. The third-order valence-electron chi connectivity index (χ3n) is 3.55. The Bertz CT molecular complexity index is 676. The lowest BCUT2D eigenvalue weighted by Crippen LogP contribution is -2.37. The van der Waals surface area contributed by atoms with Crippen LogP contribution in [0.15, 0.2) is 71.3 Å². The molecule has 1 aliphatic heterocycles. The summed E-state index contributed by atoms with van der Waals surface area (Å²) in [5.74, 6) is 0.0653. The molecule has 4 nitrogen and oxygen atoms in total. The van der Waals surface area contributed by atoms with Crippen molar-refractivity contribution in [3.63, 3.8) is 0 Å². The second kappa shape index (κ2) is 6.79. The van der Waals surface area contributed by atoms with E-state index in [1.165, 1.54) is 11.8 Å². The zero-order chi connectivity index (χ0) is 16.2. The third kappa shape index (κ3) is 3.35. The van der Waals surface area contributed by atoms with Crippen molar-refractivity contribution < 1.29 is 14.6 Å². The van der Waals surface area contributed by atoms with Crippen LogP contribution in [0.25, 0.3) is 0 Å². The molecule has 0 fully saturated rings. The molecular weight excluding hydrogens is 310 g/mol. The molecule has 0 amide bonds. The Morgan fingerprint density at radius 2 is 1.61 bits per heavy atom. The SMILES string of the molecule is CC1=C(C(=O)O)SCC(N(c2ccccc2)c2ccccc2)O1. The predicted octanol–water partition coefficient (Wildman–Crippen LogP) is 4.23. The minimum Gasteiger partial charge on any atom is -0.477 e. The Labute approximate surface area is 139 Å². The van der Waals surface area contributed by atoms with Crippen LogP contribution in [0.5, 0.6) is 0 Å². The van der Waals surface area contributed by atoms with Gasteiger partial charge in [-0.3, -0.25) is 0 Å². The van der Waals surface area contributed by atoms with E-state index in [1.54, 1.807) is 6.92 Å². The summed E-state index contributed by atoms with van der Waals surface area (Å²) in [5, 5.41) is 9.20. The summed E-state index contributed by atoms with van der Waals surface area (Å²) in [5.41, 5.74) is 2.02. The van der Waals surface area contributed by atoms with E-state index in [1.807, 2.05) is 60.7 Å². The number of rotatable bonds is 4. The molecule has 1 N–H and O–H groups in total. The van der Waals surface area contributed by atoms with E-state index >= 15 is 0 Å². The highest BCUT2D eigenvalue weighted by Gasteiger charge is 2.30. The monoisotopic (exact) mass is 327 g/mol. The van der Waals surface area contributed by atoms with Gasteiger partial charge in [-0.05, 0) is 31.2 Å². The number of hydrogen-bond acceptors (Lipinski definition) is 4. The Morgan fingerprint density at radius 1 is 1.09 bits per heavy atom. The van der Waals surface area contributed by atoms with E-state index in [-0.39, 0.29) is 11.1 Å². The maximum atomic E-state index is 11.2. The second-order valence-corrected chi connectivity index (χ2v) is 6.15. The number of nitrogens with zero attached hydrogens (tertiary/aromatic N) is 1. The Kier molecular flexibility index (Phi) is 4.57. The van der Waals surface area contributed by atoms with Crippen molar-refractivity contribution in [3.8, 4) is 0 Å². The molecule has 3 rings (SSSR count). The van der Waals surface area contributed by atoms with Gasteiger partial charge >= 0.3 is 5.97 Å².